The van der Waals surface area contributed by atoms with E-state index in [4.69, 9.17) is 56.8 Å². The first-order valence-corrected chi connectivity index (χ1v) is 35.0. The summed E-state index contributed by atoms with van der Waals surface area (Å²) in [5.74, 6) is 0.653. The SMILES string of the molecule is C[C@H](CC[C@@H](O[C@@H]1O[C@H](CO[C@@H]2O[C@H](CO)[C@@H](O)[C@H](O)[C@H]2O)[C@@H](O)[C@H](O)[C@H]1O[C@@H]1O[C@H](CO)[C@@H](O)[C@H](O)[C@H]1O)C(C)(C)O)[C@H]1CC[C@@]2(C)[C@@H]3CC=C4C(CC[C@H](O[C@@H]5O[C@H](CO[C@@H]6O[C@H](CO)[C@@H](O)[C@H](O)[C@H]6O[C@@H]6O[C@H](CO)[C@@H](O)[C@H](O)[C@H]6O)[C@@H](O)[C@H](O)[C@H]5O)C4(C)C)[C@]3(C)CC[C@]12C. The molecule has 0 aromatic rings. The predicted molar refractivity (Wildman–Crippen MR) is 331 cm³/mol. The second-order valence-electron chi connectivity index (χ2n) is 31.4. The summed E-state index contributed by atoms with van der Waals surface area (Å²) in [7, 11) is 0. The van der Waals surface area contributed by atoms with Gasteiger partial charge in [-0.05, 0) is 112 Å². The van der Waals surface area contributed by atoms with E-state index >= 15 is 0 Å². The van der Waals surface area contributed by atoms with Gasteiger partial charge in [-0.2, -0.15) is 0 Å². The summed E-state index contributed by atoms with van der Waals surface area (Å²) in [6, 6.07) is 0. The maximum atomic E-state index is 11.9. The van der Waals surface area contributed by atoms with E-state index in [1.54, 1.807) is 0 Å². The smallest absolute Gasteiger partial charge is 0.187 e. The van der Waals surface area contributed by atoms with Gasteiger partial charge in [0.05, 0.1) is 57.5 Å². The van der Waals surface area contributed by atoms with Crippen LogP contribution in [0.25, 0.3) is 0 Å². The fraction of sp³-hybridized carbons (Fsp3) is 0.970. The van der Waals surface area contributed by atoms with Crippen LogP contribution in [-0.2, 0) is 56.8 Å². The molecule has 0 bridgehead atoms. The number of hydrogen-bond acceptors (Lipinski definition) is 33. The van der Waals surface area contributed by atoms with Gasteiger partial charge < -0.3 is 164 Å². The van der Waals surface area contributed by atoms with Crippen LogP contribution in [0.3, 0.4) is 0 Å². The molecule has 0 aromatic heterocycles. The van der Waals surface area contributed by atoms with Crippen molar-refractivity contribution in [3.8, 4) is 0 Å². The lowest BCUT2D eigenvalue weighted by atomic mass is 9.39. The first kappa shape index (κ1) is 80.0. The average molecular weight is 1430 g/mol. The molecule has 21 N–H and O–H groups in total. The lowest BCUT2D eigenvalue weighted by Crippen LogP contribution is -2.65. The molecule has 6 saturated heterocycles. The van der Waals surface area contributed by atoms with E-state index in [2.05, 4.69) is 47.6 Å². The number of fused-ring (bicyclic) bond motifs is 5. The van der Waals surface area contributed by atoms with Gasteiger partial charge in [0.1, 0.15) is 146 Å². The highest BCUT2D eigenvalue weighted by atomic mass is 16.8. The Kier molecular flexibility index (Phi) is 25.3. The zero-order valence-electron chi connectivity index (χ0n) is 57.3. The van der Waals surface area contributed by atoms with Crippen LogP contribution in [0, 0.1) is 45.3 Å². The minimum Gasteiger partial charge on any atom is -0.394 e. The lowest BCUT2D eigenvalue weighted by molar-refractivity contribution is -0.380. The second-order valence-corrected chi connectivity index (χ2v) is 31.4. The van der Waals surface area contributed by atoms with Crippen molar-refractivity contribution in [3.63, 3.8) is 0 Å². The molecule has 3 saturated carbocycles. The molecule has 39 atom stereocenters. The molecule has 33 heteroatoms. The molecular formula is C66H112O33. The molecule has 6 aliphatic heterocycles. The maximum Gasteiger partial charge on any atom is 0.187 e. The molecule has 0 aromatic carbocycles. The summed E-state index contributed by atoms with van der Waals surface area (Å²) in [5, 5.41) is 226. The normalized spacial score (nSPS) is 51.7. The number of rotatable bonds is 23. The number of ether oxygens (including phenoxy) is 12. The second kappa shape index (κ2) is 31.3. The molecule has 10 rings (SSSR count). The number of aliphatic hydroxyl groups excluding tert-OH is 20. The molecule has 9 fully saturated rings. The Morgan fingerprint density at radius 2 is 0.848 bits per heavy atom. The van der Waals surface area contributed by atoms with Gasteiger partial charge in [-0.3, -0.25) is 0 Å². The van der Waals surface area contributed by atoms with Crippen LogP contribution in [0.4, 0.5) is 0 Å². The molecule has 1 unspecified atom stereocenters. The summed E-state index contributed by atoms with van der Waals surface area (Å²) < 4.78 is 71.6. The van der Waals surface area contributed by atoms with E-state index < -0.39 is 247 Å². The standard InChI is InChI=1S/C66H112O33/c1-25(9-13-37(63(4,5)87)97-61-55(99-59-53(86)46(79)40(73)31(21-69)92-59)49(82)43(76)34(95-61)23-88-56-50(83)44(77)38(71)29(19-67)90-56)26-15-16-66(8)35-12-10-27-28(64(35,6)17-18-65(26,66)7)11-14-36(62(27,2)3)96-57-51(84)47(80)42(75)33(94-57)24-89-60-54(48(81)41(74)32(22-70)93-60)98-58-52(85)45(78)39(72)30(20-68)91-58/h10,25-26,28-61,67-87H,9,11-24H2,1-8H3/t25-,26-,28?,29-,30-,31-,32-,33-,34-,35-,36+,37-,38-,39-,40-,41-,42-,43-,44+,45+,46+,47+,48+,49+,50-,51-,52-,53-,54-,55-,56-,57+,58+,59+,60-,61+,64+,65-,66+/m1/s1. The van der Waals surface area contributed by atoms with Gasteiger partial charge in [0, 0.05) is 5.41 Å². The van der Waals surface area contributed by atoms with Crippen LogP contribution in [0.15, 0.2) is 11.6 Å². The topological polar surface area (TPSA) is 536 Å². The Morgan fingerprint density at radius 3 is 1.34 bits per heavy atom. The van der Waals surface area contributed by atoms with Crippen molar-refractivity contribution in [1.82, 2.24) is 0 Å². The highest BCUT2D eigenvalue weighted by Gasteiger charge is 2.68. The van der Waals surface area contributed by atoms with Crippen LogP contribution in [0.1, 0.15) is 113 Å². The third kappa shape index (κ3) is 15.0. The molecule has 0 spiro atoms. The number of aliphatic hydroxyl groups is 21. The fourth-order valence-corrected chi connectivity index (χ4v) is 18.4. The third-order valence-corrected chi connectivity index (χ3v) is 24.9. The van der Waals surface area contributed by atoms with Gasteiger partial charge in [-0.15, -0.1) is 0 Å². The van der Waals surface area contributed by atoms with Gasteiger partial charge in [-0.25, -0.2) is 0 Å². The van der Waals surface area contributed by atoms with Gasteiger partial charge >= 0.3 is 0 Å². The van der Waals surface area contributed by atoms with Crippen LogP contribution < -0.4 is 0 Å². The molecule has 6 heterocycles. The van der Waals surface area contributed by atoms with Crippen LogP contribution in [0.2, 0.25) is 0 Å². The van der Waals surface area contributed by atoms with E-state index in [-0.39, 0.29) is 46.3 Å². The summed E-state index contributed by atoms with van der Waals surface area (Å²) in [6.45, 7) is 12.2. The van der Waals surface area contributed by atoms with Crippen molar-refractivity contribution in [3.05, 3.63) is 11.6 Å². The minimum absolute atomic E-state index is 0.0525. The van der Waals surface area contributed by atoms with E-state index in [9.17, 15) is 107 Å². The van der Waals surface area contributed by atoms with Gasteiger partial charge in [-0.1, -0.05) is 53.2 Å². The molecule has 0 amide bonds. The predicted octanol–water partition coefficient (Wildman–Crippen LogP) is -6.55. The summed E-state index contributed by atoms with van der Waals surface area (Å²) in [6.07, 6.45) is -44.4. The summed E-state index contributed by atoms with van der Waals surface area (Å²) >= 11 is 0. The van der Waals surface area contributed by atoms with Crippen LogP contribution >= 0.6 is 0 Å². The maximum absolute atomic E-state index is 11.9. The molecule has 33 nitrogen and oxygen atoms in total. The number of hydrogen-bond donors (Lipinski definition) is 21. The zero-order chi connectivity index (χ0) is 72.7. The lowest BCUT2D eigenvalue weighted by Gasteiger charge is -2.66. The summed E-state index contributed by atoms with van der Waals surface area (Å²) in [5.41, 5.74) is -1.51. The van der Waals surface area contributed by atoms with Crippen molar-refractivity contribution >= 4 is 0 Å². The third-order valence-electron chi connectivity index (χ3n) is 24.9. The van der Waals surface area contributed by atoms with Gasteiger partial charge in [0.2, 0.25) is 0 Å². The zero-order valence-corrected chi connectivity index (χ0v) is 57.3. The Morgan fingerprint density at radius 1 is 0.444 bits per heavy atom. The highest BCUT2D eigenvalue weighted by Crippen LogP contribution is 2.75. The van der Waals surface area contributed by atoms with Crippen molar-refractivity contribution in [2.75, 3.05) is 39.6 Å². The van der Waals surface area contributed by atoms with E-state index in [0.29, 0.717) is 19.3 Å². The van der Waals surface area contributed by atoms with Crippen molar-refractivity contribution in [2.45, 2.75) is 315 Å². The van der Waals surface area contributed by atoms with Crippen molar-refractivity contribution in [2.24, 2.45) is 45.3 Å². The minimum atomic E-state index is -1.95. The fourth-order valence-electron chi connectivity index (χ4n) is 18.4. The monoisotopic (exact) mass is 1430 g/mol. The highest BCUT2D eigenvalue weighted by molar-refractivity contribution is 5.30. The Labute approximate surface area is 574 Å². The Hall–Kier alpha value is -1.58. The van der Waals surface area contributed by atoms with E-state index in [1.807, 2.05) is 0 Å². The van der Waals surface area contributed by atoms with Crippen molar-refractivity contribution in [1.29, 1.82) is 0 Å². The molecule has 4 aliphatic carbocycles. The quantitative estimate of drug-likeness (QED) is 0.0423. The van der Waals surface area contributed by atoms with E-state index in [0.717, 1.165) is 32.1 Å². The summed E-state index contributed by atoms with van der Waals surface area (Å²) in [4.78, 5) is 0. The molecule has 574 valence electrons. The molecule has 99 heavy (non-hydrogen) atoms. The van der Waals surface area contributed by atoms with E-state index in [1.165, 1.54) is 19.4 Å². The Balaban J connectivity index is 0.801. The average Bonchev–Trinajstić information content (AvgIpc) is 1.61. The Bertz CT molecular complexity index is 2640. The molecule has 10 aliphatic rings. The molecular weight excluding hydrogens is 1320 g/mol. The van der Waals surface area contributed by atoms with Crippen LogP contribution in [-0.4, -0.2) is 349 Å². The van der Waals surface area contributed by atoms with Gasteiger partial charge in [0.25, 0.3) is 0 Å². The number of allylic oxidation sites excluding steroid dienone is 1. The molecule has 0 radical (unpaired) electrons. The first-order valence-electron chi connectivity index (χ1n) is 35.0. The first-order chi connectivity index (χ1) is 46.4. The largest absolute Gasteiger partial charge is 0.394 e. The van der Waals surface area contributed by atoms with Gasteiger partial charge in [0.15, 0.2) is 37.7 Å². The van der Waals surface area contributed by atoms with Crippen LogP contribution in [0.5, 0.6) is 0 Å². The van der Waals surface area contributed by atoms with Crippen molar-refractivity contribution < 1.29 is 164 Å².